The summed E-state index contributed by atoms with van der Waals surface area (Å²) in [6.45, 7) is 1.74. The van der Waals surface area contributed by atoms with E-state index in [2.05, 4.69) is 0 Å². The van der Waals surface area contributed by atoms with Gasteiger partial charge in [-0.1, -0.05) is 0 Å². The number of rotatable bonds is 2. The molecule has 13 heavy (non-hydrogen) atoms. The fourth-order valence-electron chi connectivity index (χ4n) is 1.59. The molecule has 1 fully saturated rings. The summed E-state index contributed by atoms with van der Waals surface area (Å²) in [6, 6.07) is 3.16. The van der Waals surface area contributed by atoms with Gasteiger partial charge in [-0.3, -0.25) is 4.79 Å². The lowest BCUT2D eigenvalue weighted by molar-refractivity contribution is 0.0969. The highest BCUT2D eigenvalue weighted by atomic mass is 16.5. The highest BCUT2D eigenvalue weighted by molar-refractivity contribution is 4.94. The molecule has 0 spiro atoms. The molecule has 0 bridgehead atoms. The van der Waals surface area contributed by atoms with Crippen molar-refractivity contribution in [3.05, 3.63) is 34.7 Å². The molecule has 1 aromatic heterocycles. The lowest BCUT2D eigenvalue weighted by Crippen LogP contribution is -2.15. The second-order valence-corrected chi connectivity index (χ2v) is 3.37. The molecular formula is C10H13NO2. The van der Waals surface area contributed by atoms with Gasteiger partial charge in [-0.25, -0.2) is 0 Å². The fourth-order valence-corrected chi connectivity index (χ4v) is 1.59. The van der Waals surface area contributed by atoms with Crippen LogP contribution in [0.15, 0.2) is 29.3 Å². The summed E-state index contributed by atoms with van der Waals surface area (Å²) in [7, 11) is 0. The maximum absolute atomic E-state index is 10.8. The summed E-state index contributed by atoms with van der Waals surface area (Å²) < 4.78 is 7.49. The monoisotopic (exact) mass is 179 g/mol. The molecule has 0 aromatic carbocycles. The molecular weight excluding hydrogens is 166 g/mol. The van der Waals surface area contributed by atoms with Gasteiger partial charge in [0.15, 0.2) is 5.43 Å². The van der Waals surface area contributed by atoms with E-state index < -0.39 is 0 Å². The zero-order chi connectivity index (χ0) is 9.10. The van der Waals surface area contributed by atoms with E-state index in [4.69, 9.17) is 4.74 Å². The zero-order valence-corrected chi connectivity index (χ0v) is 7.48. The third-order valence-corrected chi connectivity index (χ3v) is 2.30. The SMILES string of the molecule is O=c1ccn(CC2CCCO2)cc1. The van der Waals surface area contributed by atoms with Crippen molar-refractivity contribution in [3.63, 3.8) is 0 Å². The fraction of sp³-hybridized carbons (Fsp3) is 0.500. The van der Waals surface area contributed by atoms with Crippen molar-refractivity contribution in [1.82, 2.24) is 4.57 Å². The van der Waals surface area contributed by atoms with Crippen LogP contribution in [0.25, 0.3) is 0 Å². The van der Waals surface area contributed by atoms with Gasteiger partial charge in [0.05, 0.1) is 6.10 Å². The smallest absolute Gasteiger partial charge is 0.181 e. The van der Waals surface area contributed by atoms with Crippen molar-refractivity contribution in [2.45, 2.75) is 25.5 Å². The van der Waals surface area contributed by atoms with Crippen LogP contribution in [0, 0.1) is 0 Å². The van der Waals surface area contributed by atoms with Gasteiger partial charge in [0.2, 0.25) is 0 Å². The van der Waals surface area contributed by atoms with E-state index in [1.165, 1.54) is 0 Å². The summed E-state index contributed by atoms with van der Waals surface area (Å²) in [5.41, 5.74) is 0.0589. The number of aromatic nitrogens is 1. The largest absolute Gasteiger partial charge is 0.376 e. The Kier molecular flexibility index (Phi) is 2.45. The molecule has 1 aromatic rings. The maximum Gasteiger partial charge on any atom is 0.181 e. The van der Waals surface area contributed by atoms with Crippen molar-refractivity contribution in [3.8, 4) is 0 Å². The number of nitrogens with zero attached hydrogens (tertiary/aromatic N) is 1. The summed E-state index contributed by atoms with van der Waals surface area (Å²) in [6.07, 6.45) is 6.24. The van der Waals surface area contributed by atoms with Crippen LogP contribution in [0.1, 0.15) is 12.8 Å². The average Bonchev–Trinajstić information content (AvgIpc) is 2.62. The van der Waals surface area contributed by atoms with Crippen molar-refractivity contribution in [2.24, 2.45) is 0 Å². The molecule has 1 aliphatic rings. The first-order chi connectivity index (χ1) is 6.34. The van der Waals surface area contributed by atoms with E-state index in [-0.39, 0.29) is 5.43 Å². The molecule has 1 atom stereocenters. The molecule has 2 rings (SSSR count). The van der Waals surface area contributed by atoms with Gasteiger partial charge >= 0.3 is 0 Å². The minimum Gasteiger partial charge on any atom is -0.376 e. The Balaban J connectivity index is 2.00. The van der Waals surface area contributed by atoms with E-state index in [0.717, 1.165) is 26.0 Å². The number of hydrogen-bond acceptors (Lipinski definition) is 2. The van der Waals surface area contributed by atoms with Crippen LogP contribution in [0.5, 0.6) is 0 Å². The standard InChI is InChI=1S/C10H13NO2/c12-9-3-5-11(6-4-9)8-10-2-1-7-13-10/h3-6,10H,1-2,7-8H2. The van der Waals surface area contributed by atoms with Crippen LogP contribution >= 0.6 is 0 Å². The number of ether oxygens (including phenoxy) is 1. The third-order valence-electron chi connectivity index (χ3n) is 2.30. The Morgan fingerprint density at radius 2 is 2.23 bits per heavy atom. The average molecular weight is 179 g/mol. The summed E-state index contributed by atoms with van der Waals surface area (Å²) >= 11 is 0. The van der Waals surface area contributed by atoms with E-state index >= 15 is 0 Å². The maximum atomic E-state index is 10.8. The molecule has 1 aliphatic heterocycles. The van der Waals surface area contributed by atoms with Crippen molar-refractivity contribution in [1.29, 1.82) is 0 Å². The van der Waals surface area contributed by atoms with Crippen LogP contribution < -0.4 is 5.43 Å². The third kappa shape index (κ3) is 2.18. The topological polar surface area (TPSA) is 31.2 Å². The first-order valence-electron chi connectivity index (χ1n) is 4.62. The predicted molar refractivity (Wildman–Crippen MR) is 49.7 cm³/mol. The Bertz CT molecular complexity index is 305. The molecule has 3 heteroatoms. The van der Waals surface area contributed by atoms with Gasteiger partial charge in [-0.05, 0) is 12.8 Å². The Morgan fingerprint density at radius 3 is 2.85 bits per heavy atom. The molecule has 0 aliphatic carbocycles. The van der Waals surface area contributed by atoms with Crippen LogP contribution in [0.3, 0.4) is 0 Å². The molecule has 3 nitrogen and oxygen atoms in total. The van der Waals surface area contributed by atoms with Gasteiger partial charge in [0, 0.05) is 37.7 Å². The van der Waals surface area contributed by atoms with Crippen molar-refractivity contribution < 1.29 is 4.74 Å². The Labute approximate surface area is 77.0 Å². The number of hydrogen-bond donors (Lipinski definition) is 0. The minimum absolute atomic E-state index is 0.0589. The zero-order valence-electron chi connectivity index (χ0n) is 7.48. The van der Waals surface area contributed by atoms with Crippen molar-refractivity contribution in [2.75, 3.05) is 6.61 Å². The van der Waals surface area contributed by atoms with E-state index in [0.29, 0.717) is 6.10 Å². The van der Waals surface area contributed by atoms with E-state index in [1.54, 1.807) is 12.1 Å². The molecule has 2 heterocycles. The summed E-state index contributed by atoms with van der Waals surface area (Å²) in [5, 5.41) is 0. The first kappa shape index (κ1) is 8.51. The highest BCUT2D eigenvalue weighted by Crippen LogP contribution is 2.13. The van der Waals surface area contributed by atoms with Crippen LogP contribution in [0.4, 0.5) is 0 Å². The normalized spacial score (nSPS) is 22.0. The first-order valence-corrected chi connectivity index (χ1v) is 4.62. The van der Waals surface area contributed by atoms with Crippen LogP contribution in [0.2, 0.25) is 0 Å². The van der Waals surface area contributed by atoms with Gasteiger partial charge in [0.25, 0.3) is 0 Å². The van der Waals surface area contributed by atoms with E-state index in [1.807, 2.05) is 17.0 Å². The summed E-state index contributed by atoms with van der Waals surface area (Å²) in [4.78, 5) is 10.8. The van der Waals surface area contributed by atoms with Gasteiger partial charge in [0.1, 0.15) is 0 Å². The molecule has 1 saturated heterocycles. The van der Waals surface area contributed by atoms with Crippen LogP contribution in [-0.2, 0) is 11.3 Å². The highest BCUT2D eigenvalue weighted by Gasteiger charge is 2.14. The van der Waals surface area contributed by atoms with Gasteiger partial charge in [-0.2, -0.15) is 0 Å². The lowest BCUT2D eigenvalue weighted by Gasteiger charge is -2.11. The quantitative estimate of drug-likeness (QED) is 0.679. The molecule has 0 radical (unpaired) electrons. The Morgan fingerprint density at radius 1 is 1.46 bits per heavy atom. The van der Waals surface area contributed by atoms with Crippen LogP contribution in [-0.4, -0.2) is 17.3 Å². The molecule has 70 valence electrons. The molecule has 0 amide bonds. The van der Waals surface area contributed by atoms with E-state index in [9.17, 15) is 4.79 Å². The minimum atomic E-state index is 0.0589. The van der Waals surface area contributed by atoms with Gasteiger partial charge < -0.3 is 9.30 Å². The lowest BCUT2D eigenvalue weighted by atomic mass is 10.2. The van der Waals surface area contributed by atoms with Gasteiger partial charge in [-0.15, -0.1) is 0 Å². The second kappa shape index (κ2) is 3.75. The predicted octanol–water partition coefficient (Wildman–Crippen LogP) is 1.03. The molecule has 1 unspecified atom stereocenters. The number of pyridine rings is 1. The molecule has 0 N–H and O–H groups in total. The Hall–Kier alpha value is -1.09. The van der Waals surface area contributed by atoms with Crippen molar-refractivity contribution >= 4 is 0 Å². The molecule has 0 saturated carbocycles. The second-order valence-electron chi connectivity index (χ2n) is 3.37. The summed E-state index contributed by atoms with van der Waals surface area (Å²) in [5.74, 6) is 0.